The van der Waals surface area contributed by atoms with Crippen molar-refractivity contribution in [1.29, 1.82) is 0 Å². The van der Waals surface area contributed by atoms with Crippen LogP contribution in [0.2, 0.25) is 0 Å². The van der Waals surface area contributed by atoms with E-state index in [-0.39, 0.29) is 4.90 Å². The van der Waals surface area contributed by atoms with Crippen molar-refractivity contribution in [2.24, 2.45) is 0 Å². The molecule has 0 aliphatic rings. The van der Waals surface area contributed by atoms with Gasteiger partial charge in [-0.05, 0) is 26.0 Å². The highest BCUT2D eigenvalue weighted by Gasteiger charge is 2.12. The first-order valence-electron chi connectivity index (χ1n) is 4.17. The van der Waals surface area contributed by atoms with Gasteiger partial charge in [-0.15, -0.1) is 0 Å². The summed E-state index contributed by atoms with van der Waals surface area (Å²) in [5.41, 5.74) is 1.01. The molecule has 14 heavy (non-hydrogen) atoms. The van der Waals surface area contributed by atoms with E-state index in [1.807, 2.05) is 6.92 Å². The van der Waals surface area contributed by atoms with E-state index in [0.29, 0.717) is 0 Å². The van der Waals surface area contributed by atoms with Crippen LogP contribution in [0.25, 0.3) is 0 Å². The van der Waals surface area contributed by atoms with E-state index in [1.54, 1.807) is 19.1 Å². The lowest BCUT2D eigenvalue weighted by Crippen LogP contribution is -2.01. The number of rotatable bonds is 3. The second-order valence-electron chi connectivity index (χ2n) is 2.83. The zero-order valence-electron chi connectivity index (χ0n) is 8.10. The second-order valence-corrected chi connectivity index (χ2v) is 4.40. The highest BCUT2D eigenvalue weighted by Crippen LogP contribution is 2.13. The Balaban J connectivity index is 2.99. The van der Waals surface area contributed by atoms with Crippen LogP contribution in [-0.2, 0) is 14.3 Å². The quantitative estimate of drug-likeness (QED) is 0.570. The Hall–Kier alpha value is -1.29. The molecule has 0 amide bonds. The van der Waals surface area contributed by atoms with Crippen molar-refractivity contribution in [3.8, 4) is 0 Å². The van der Waals surface area contributed by atoms with Crippen LogP contribution >= 0.6 is 0 Å². The van der Waals surface area contributed by atoms with Gasteiger partial charge in [0.05, 0.1) is 0 Å². The van der Waals surface area contributed by atoms with Crippen LogP contribution in [0.4, 0.5) is 0 Å². The molecule has 0 aliphatic heterocycles. The normalized spacial score (nSPS) is 11.9. The van der Waals surface area contributed by atoms with Crippen molar-refractivity contribution < 1.29 is 12.6 Å². The first kappa shape index (κ1) is 10.8. The van der Waals surface area contributed by atoms with Crippen LogP contribution in [0.15, 0.2) is 41.5 Å². The maximum atomic E-state index is 11.4. The van der Waals surface area contributed by atoms with E-state index in [0.717, 1.165) is 11.8 Å². The van der Waals surface area contributed by atoms with Gasteiger partial charge >= 0.3 is 10.1 Å². The summed E-state index contributed by atoms with van der Waals surface area (Å²) in [6, 6.07) is 6.50. The number of hydrogen-bond donors (Lipinski definition) is 0. The van der Waals surface area contributed by atoms with Gasteiger partial charge in [0.15, 0.2) is 0 Å². The maximum Gasteiger partial charge on any atom is 0.338 e. The average Bonchev–Trinajstić information content (AvgIpc) is 2.16. The fraction of sp³-hybridized carbons (Fsp3) is 0.200. The Morgan fingerprint density at radius 1 is 1.21 bits per heavy atom. The largest absolute Gasteiger partial charge is 0.387 e. The molecule has 0 bridgehead atoms. The van der Waals surface area contributed by atoms with E-state index >= 15 is 0 Å². The topological polar surface area (TPSA) is 43.4 Å². The maximum absolute atomic E-state index is 11.4. The van der Waals surface area contributed by atoms with Crippen LogP contribution in [0.5, 0.6) is 0 Å². The van der Waals surface area contributed by atoms with Crippen molar-refractivity contribution in [2.45, 2.75) is 18.7 Å². The molecule has 1 aromatic rings. The van der Waals surface area contributed by atoms with E-state index in [1.165, 1.54) is 18.2 Å². The summed E-state index contributed by atoms with van der Waals surface area (Å²) in [6.07, 6.45) is 2.67. The molecular formula is C10H12O3S. The average molecular weight is 212 g/mol. The van der Waals surface area contributed by atoms with Gasteiger partial charge in [0.2, 0.25) is 0 Å². The third-order valence-corrected chi connectivity index (χ3v) is 2.84. The fourth-order valence-corrected chi connectivity index (χ4v) is 1.73. The first-order chi connectivity index (χ1) is 6.56. The predicted molar refractivity (Wildman–Crippen MR) is 54.3 cm³/mol. The van der Waals surface area contributed by atoms with Crippen LogP contribution in [0, 0.1) is 6.92 Å². The SMILES string of the molecule is CC=COS(=O)(=O)c1ccc(C)cc1. The first-order valence-corrected chi connectivity index (χ1v) is 5.58. The Morgan fingerprint density at radius 2 is 1.79 bits per heavy atom. The van der Waals surface area contributed by atoms with Crippen molar-refractivity contribution in [3.63, 3.8) is 0 Å². The van der Waals surface area contributed by atoms with Crippen LogP contribution in [0.1, 0.15) is 12.5 Å². The number of benzene rings is 1. The lowest BCUT2D eigenvalue weighted by molar-refractivity contribution is 0.443. The summed E-state index contributed by atoms with van der Waals surface area (Å²) in [7, 11) is -3.63. The van der Waals surface area contributed by atoms with Crippen molar-refractivity contribution in [2.75, 3.05) is 0 Å². The molecule has 1 aromatic carbocycles. The standard InChI is InChI=1S/C10H12O3S/c1-3-8-13-14(11,12)10-6-4-9(2)5-7-10/h3-8H,1-2H3. The molecule has 3 nitrogen and oxygen atoms in total. The Labute approximate surface area is 84.1 Å². The minimum absolute atomic E-state index is 0.168. The molecule has 0 unspecified atom stereocenters. The van der Waals surface area contributed by atoms with E-state index in [2.05, 4.69) is 4.18 Å². The molecule has 0 heterocycles. The number of allylic oxidation sites excluding steroid dienone is 1. The van der Waals surface area contributed by atoms with Crippen molar-refractivity contribution in [1.82, 2.24) is 0 Å². The highest BCUT2D eigenvalue weighted by atomic mass is 32.2. The predicted octanol–water partition coefficient (Wildman–Crippen LogP) is 2.23. The van der Waals surface area contributed by atoms with Crippen LogP contribution in [0.3, 0.4) is 0 Å². The monoisotopic (exact) mass is 212 g/mol. The van der Waals surface area contributed by atoms with E-state index in [9.17, 15) is 8.42 Å². The van der Waals surface area contributed by atoms with Gasteiger partial charge < -0.3 is 4.18 Å². The summed E-state index contributed by atoms with van der Waals surface area (Å²) in [5.74, 6) is 0. The van der Waals surface area contributed by atoms with Gasteiger partial charge in [-0.3, -0.25) is 0 Å². The Morgan fingerprint density at radius 3 is 2.29 bits per heavy atom. The summed E-state index contributed by atoms with van der Waals surface area (Å²) in [6.45, 7) is 3.58. The molecule has 1 rings (SSSR count). The smallest absolute Gasteiger partial charge is 0.338 e. The molecular weight excluding hydrogens is 200 g/mol. The minimum atomic E-state index is -3.63. The summed E-state index contributed by atoms with van der Waals surface area (Å²) in [5, 5.41) is 0. The van der Waals surface area contributed by atoms with Crippen molar-refractivity contribution in [3.05, 3.63) is 42.2 Å². The molecule has 0 saturated carbocycles. The van der Waals surface area contributed by atoms with E-state index < -0.39 is 10.1 Å². The highest BCUT2D eigenvalue weighted by molar-refractivity contribution is 7.86. The van der Waals surface area contributed by atoms with E-state index in [4.69, 9.17) is 0 Å². The lowest BCUT2D eigenvalue weighted by atomic mass is 10.2. The lowest BCUT2D eigenvalue weighted by Gasteiger charge is -2.02. The molecule has 4 heteroatoms. The van der Waals surface area contributed by atoms with Crippen molar-refractivity contribution >= 4 is 10.1 Å². The third kappa shape index (κ3) is 2.60. The molecule has 0 N–H and O–H groups in total. The Bertz CT molecular complexity index is 415. The molecule has 0 spiro atoms. The molecule has 0 aromatic heterocycles. The molecule has 0 aliphatic carbocycles. The third-order valence-electron chi connectivity index (χ3n) is 1.63. The summed E-state index contributed by atoms with van der Waals surface area (Å²) >= 11 is 0. The molecule has 0 radical (unpaired) electrons. The fourth-order valence-electron chi connectivity index (χ4n) is 0.889. The molecule has 0 saturated heterocycles. The zero-order valence-corrected chi connectivity index (χ0v) is 8.91. The van der Waals surface area contributed by atoms with Crippen LogP contribution < -0.4 is 0 Å². The van der Waals surface area contributed by atoms with Gasteiger partial charge in [-0.25, -0.2) is 0 Å². The molecule has 0 fully saturated rings. The number of hydrogen-bond acceptors (Lipinski definition) is 3. The van der Waals surface area contributed by atoms with Gasteiger partial charge in [-0.1, -0.05) is 23.8 Å². The van der Waals surface area contributed by atoms with Gasteiger partial charge in [-0.2, -0.15) is 8.42 Å². The minimum Gasteiger partial charge on any atom is -0.387 e. The van der Waals surface area contributed by atoms with Gasteiger partial charge in [0, 0.05) is 0 Å². The van der Waals surface area contributed by atoms with Gasteiger partial charge in [0.1, 0.15) is 11.2 Å². The Kier molecular flexibility index (Phi) is 3.30. The summed E-state index contributed by atoms with van der Waals surface area (Å²) < 4.78 is 27.5. The van der Waals surface area contributed by atoms with Gasteiger partial charge in [0.25, 0.3) is 0 Å². The zero-order chi connectivity index (χ0) is 10.6. The summed E-state index contributed by atoms with van der Waals surface area (Å²) in [4.78, 5) is 0.168. The van der Waals surface area contributed by atoms with Crippen LogP contribution in [-0.4, -0.2) is 8.42 Å². The molecule has 0 atom stereocenters. The molecule has 76 valence electrons. The number of aryl methyl sites for hydroxylation is 1. The second kappa shape index (κ2) is 4.28.